The minimum absolute atomic E-state index is 0.242. The maximum atomic E-state index is 11.6. The van der Waals surface area contributed by atoms with Crippen LogP contribution < -0.4 is 5.32 Å². The van der Waals surface area contributed by atoms with E-state index >= 15 is 0 Å². The van der Waals surface area contributed by atoms with Gasteiger partial charge >= 0.3 is 0 Å². The van der Waals surface area contributed by atoms with E-state index in [2.05, 4.69) is 39.9 Å². The molecule has 0 spiro atoms. The summed E-state index contributed by atoms with van der Waals surface area (Å²) in [7, 11) is 0. The van der Waals surface area contributed by atoms with Crippen molar-refractivity contribution in [2.24, 2.45) is 17.3 Å². The highest BCUT2D eigenvalue weighted by Crippen LogP contribution is 2.51. The zero-order valence-electron chi connectivity index (χ0n) is 9.35. The lowest BCUT2D eigenvalue weighted by atomic mass is 10.1. The van der Waals surface area contributed by atoms with Crippen LogP contribution in [-0.2, 0) is 4.79 Å². The lowest BCUT2D eigenvalue weighted by molar-refractivity contribution is -0.123. The van der Waals surface area contributed by atoms with Gasteiger partial charge in [0.15, 0.2) is 0 Å². The number of amides is 1. The van der Waals surface area contributed by atoms with Gasteiger partial charge in [-0.3, -0.25) is 4.79 Å². The maximum Gasteiger partial charge on any atom is 0.223 e. The first-order valence-electron chi connectivity index (χ1n) is 5.15. The first-order valence-corrected chi connectivity index (χ1v) is 5.15. The molecule has 1 amide bonds. The predicted molar refractivity (Wildman–Crippen MR) is 54.3 cm³/mol. The summed E-state index contributed by atoms with van der Waals surface area (Å²) in [4.78, 5) is 11.6. The van der Waals surface area contributed by atoms with E-state index in [0.29, 0.717) is 12.0 Å². The normalized spacial score (nSPS) is 27.1. The molecule has 0 aromatic carbocycles. The monoisotopic (exact) mass is 183 g/mol. The quantitative estimate of drug-likeness (QED) is 0.714. The van der Waals surface area contributed by atoms with Gasteiger partial charge in [0.05, 0.1) is 0 Å². The first-order chi connectivity index (χ1) is 5.84. The Labute approximate surface area is 81.1 Å². The van der Waals surface area contributed by atoms with Crippen molar-refractivity contribution < 1.29 is 4.79 Å². The molecule has 2 atom stereocenters. The minimum atomic E-state index is 0.242. The van der Waals surface area contributed by atoms with E-state index in [-0.39, 0.29) is 17.2 Å². The van der Waals surface area contributed by atoms with Crippen molar-refractivity contribution >= 4 is 5.91 Å². The van der Waals surface area contributed by atoms with E-state index in [1.807, 2.05) is 0 Å². The van der Waals surface area contributed by atoms with Gasteiger partial charge in [-0.15, -0.1) is 0 Å². The van der Waals surface area contributed by atoms with Gasteiger partial charge in [0, 0.05) is 12.0 Å². The number of nitrogens with one attached hydrogen (secondary N) is 1. The first kappa shape index (κ1) is 10.6. The molecule has 1 fully saturated rings. The number of rotatable bonds is 3. The topological polar surface area (TPSA) is 29.1 Å². The van der Waals surface area contributed by atoms with Crippen LogP contribution in [0.4, 0.5) is 0 Å². The van der Waals surface area contributed by atoms with Crippen LogP contribution in [0, 0.1) is 17.3 Å². The van der Waals surface area contributed by atoms with Gasteiger partial charge in [-0.1, -0.05) is 27.7 Å². The highest BCUT2D eigenvalue weighted by atomic mass is 16.2. The summed E-state index contributed by atoms with van der Waals surface area (Å²) in [6, 6.07) is 0.295. The Hall–Kier alpha value is -0.530. The molecule has 1 N–H and O–H groups in total. The van der Waals surface area contributed by atoms with E-state index in [4.69, 9.17) is 0 Å². The molecule has 0 radical (unpaired) electrons. The Morgan fingerprint density at radius 1 is 1.38 bits per heavy atom. The third-order valence-corrected chi connectivity index (χ3v) is 3.20. The van der Waals surface area contributed by atoms with Crippen LogP contribution in [0.25, 0.3) is 0 Å². The number of hydrogen-bond acceptors (Lipinski definition) is 1. The molecule has 0 bridgehead atoms. The highest BCUT2D eigenvalue weighted by molar-refractivity contribution is 5.82. The molecule has 1 aliphatic carbocycles. The summed E-state index contributed by atoms with van der Waals surface area (Å²) in [6.45, 7) is 10.6. The summed E-state index contributed by atoms with van der Waals surface area (Å²) in [5, 5.41) is 3.06. The lowest BCUT2D eigenvalue weighted by Crippen LogP contribution is -2.37. The summed E-state index contributed by atoms with van der Waals surface area (Å²) in [6.07, 6.45) is 1.05. The van der Waals surface area contributed by atoms with Gasteiger partial charge in [0.2, 0.25) is 5.91 Å². The number of hydrogen-bond donors (Lipinski definition) is 1. The molecule has 1 unspecified atom stereocenters. The second-order valence-electron chi connectivity index (χ2n) is 5.29. The van der Waals surface area contributed by atoms with Crippen molar-refractivity contribution in [3.8, 4) is 0 Å². The zero-order valence-corrected chi connectivity index (χ0v) is 9.35. The zero-order chi connectivity index (χ0) is 10.2. The SMILES string of the molecule is CC(C)C(C)NC(=O)[C@H]1CC1(C)C. The minimum Gasteiger partial charge on any atom is -0.353 e. The van der Waals surface area contributed by atoms with Crippen molar-refractivity contribution in [2.45, 2.75) is 47.1 Å². The third-order valence-electron chi connectivity index (χ3n) is 3.20. The van der Waals surface area contributed by atoms with Crippen LogP contribution in [-0.4, -0.2) is 11.9 Å². The van der Waals surface area contributed by atoms with E-state index in [9.17, 15) is 4.79 Å². The van der Waals surface area contributed by atoms with Crippen molar-refractivity contribution in [3.63, 3.8) is 0 Å². The molecule has 0 aromatic rings. The Balaban J connectivity index is 2.35. The molecule has 2 nitrogen and oxygen atoms in total. The molecule has 1 rings (SSSR count). The van der Waals surface area contributed by atoms with Gasteiger partial charge < -0.3 is 5.32 Å². The Kier molecular flexibility index (Phi) is 2.69. The fraction of sp³-hybridized carbons (Fsp3) is 0.909. The fourth-order valence-electron chi connectivity index (χ4n) is 1.41. The smallest absolute Gasteiger partial charge is 0.223 e. The molecule has 0 aliphatic heterocycles. The summed E-state index contributed by atoms with van der Waals surface area (Å²) >= 11 is 0. The summed E-state index contributed by atoms with van der Waals surface area (Å²) < 4.78 is 0. The van der Waals surface area contributed by atoms with Crippen LogP contribution in [0.5, 0.6) is 0 Å². The molecule has 0 heterocycles. The Morgan fingerprint density at radius 3 is 2.15 bits per heavy atom. The molecule has 13 heavy (non-hydrogen) atoms. The Bertz CT molecular complexity index is 208. The fourth-order valence-corrected chi connectivity index (χ4v) is 1.41. The molecule has 0 saturated heterocycles. The van der Waals surface area contributed by atoms with E-state index in [0.717, 1.165) is 6.42 Å². The molecular formula is C11H21NO. The standard InChI is InChI=1S/C11H21NO/c1-7(2)8(3)12-10(13)9-6-11(9,4)5/h7-9H,6H2,1-5H3,(H,12,13)/t8?,9-/m1/s1. The summed E-state index contributed by atoms with van der Waals surface area (Å²) in [5.41, 5.74) is 0.251. The molecule has 1 aliphatic rings. The highest BCUT2D eigenvalue weighted by Gasteiger charge is 2.50. The van der Waals surface area contributed by atoms with E-state index < -0.39 is 0 Å². The van der Waals surface area contributed by atoms with Gasteiger partial charge in [0.25, 0.3) is 0 Å². The van der Waals surface area contributed by atoms with Gasteiger partial charge in [-0.25, -0.2) is 0 Å². The van der Waals surface area contributed by atoms with Crippen LogP contribution in [0.3, 0.4) is 0 Å². The van der Waals surface area contributed by atoms with Crippen molar-refractivity contribution in [1.82, 2.24) is 5.32 Å². The van der Waals surface area contributed by atoms with Crippen LogP contribution >= 0.6 is 0 Å². The average molecular weight is 183 g/mol. The lowest BCUT2D eigenvalue weighted by Gasteiger charge is -2.17. The summed E-state index contributed by atoms with van der Waals surface area (Å²) in [5.74, 6) is 1.02. The Morgan fingerprint density at radius 2 is 1.85 bits per heavy atom. The molecule has 0 aromatic heterocycles. The number of carbonyl (C=O) groups is 1. The van der Waals surface area contributed by atoms with Gasteiger partial charge in [-0.05, 0) is 24.7 Å². The average Bonchev–Trinajstić information content (AvgIpc) is 2.59. The van der Waals surface area contributed by atoms with Crippen molar-refractivity contribution in [3.05, 3.63) is 0 Å². The van der Waals surface area contributed by atoms with Crippen LogP contribution in [0.15, 0.2) is 0 Å². The second-order valence-corrected chi connectivity index (χ2v) is 5.29. The third kappa shape index (κ3) is 2.45. The van der Waals surface area contributed by atoms with E-state index in [1.54, 1.807) is 0 Å². The molecule has 2 heteroatoms. The van der Waals surface area contributed by atoms with Gasteiger partial charge in [0.1, 0.15) is 0 Å². The van der Waals surface area contributed by atoms with Crippen molar-refractivity contribution in [2.75, 3.05) is 0 Å². The molecular weight excluding hydrogens is 162 g/mol. The van der Waals surface area contributed by atoms with Crippen LogP contribution in [0.1, 0.15) is 41.0 Å². The van der Waals surface area contributed by atoms with Gasteiger partial charge in [-0.2, -0.15) is 0 Å². The van der Waals surface area contributed by atoms with Crippen LogP contribution in [0.2, 0.25) is 0 Å². The second kappa shape index (κ2) is 3.32. The largest absolute Gasteiger partial charge is 0.353 e. The predicted octanol–water partition coefficient (Wildman–Crippen LogP) is 2.19. The van der Waals surface area contributed by atoms with E-state index in [1.165, 1.54) is 0 Å². The molecule has 1 saturated carbocycles. The van der Waals surface area contributed by atoms with Crippen molar-refractivity contribution in [1.29, 1.82) is 0 Å². The molecule has 76 valence electrons. The maximum absolute atomic E-state index is 11.6. The number of carbonyl (C=O) groups excluding carboxylic acids is 1.